The molecule has 3 N–H and O–H groups in total. The fraction of sp³-hybridized carbons (Fsp3) is 0.346. The van der Waals surface area contributed by atoms with Crippen LogP contribution in [-0.4, -0.2) is 48.2 Å². The normalized spacial score (nSPS) is 23.6. The third-order valence-electron chi connectivity index (χ3n) is 7.03. The molecular formula is C26H24F2N2O5. The third kappa shape index (κ3) is 4.26. The largest absolute Gasteiger partial charge is 0.478 e. The number of carbonyl (C=O) groups excluding carboxylic acids is 2. The van der Waals surface area contributed by atoms with Crippen molar-refractivity contribution in [2.24, 2.45) is 11.8 Å². The second-order valence-electron chi connectivity index (χ2n) is 9.14. The molecule has 3 aliphatic carbocycles. The Morgan fingerprint density at radius 2 is 1.66 bits per heavy atom. The number of amides is 2. The molecule has 35 heavy (non-hydrogen) atoms. The van der Waals surface area contributed by atoms with Gasteiger partial charge in [-0.25, -0.2) is 18.4 Å². The smallest absolute Gasteiger partial charge is 0.407 e. The average Bonchev–Trinajstić information content (AvgIpc) is 3.14. The Hall–Kier alpha value is -3.75. The van der Waals surface area contributed by atoms with Crippen molar-refractivity contribution in [3.63, 3.8) is 0 Å². The van der Waals surface area contributed by atoms with E-state index in [2.05, 4.69) is 10.6 Å². The molecule has 0 aromatic heterocycles. The van der Waals surface area contributed by atoms with Crippen molar-refractivity contribution in [3.05, 3.63) is 71.3 Å². The van der Waals surface area contributed by atoms with Crippen molar-refractivity contribution in [2.75, 3.05) is 13.2 Å². The first kappa shape index (κ1) is 23.0. The van der Waals surface area contributed by atoms with Crippen molar-refractivity contribution < 1.29 is 33.0 Å². The summed E-state index contributed by atoms with van der Waals surface area (Å²) in [6.45, 7) is -0.337. The Bertz CT molecular complexity index is 1180. The molecule has 0 radical (unpaired) electrons. The number of hydrogen-bond donors (Lipinski definition) is 3. The number of ether oxygens (including phenoxy) is 1. The predicted octanol–water partition coefficient (Wildman–Crippen LogP) is 3.70. The van der Waals surface area contributed by atoms with Gasteiger partial charge in [0.05, 0.1) is 5.92 Å². The first-order chi connectivity index (χ1) is 16.8. The van der Waals surface area contributed by atoms with Crippen LogP contribution in [-0.2, 0) is 14.3 Å². The van der Waals surface area contributed by atoms with Gasteiger partial charge in [-0.15, -0.1) is 0 Å². The van der Waals surface area contributed by atoms with E-state index in [0.717, 1.165) is 22.3 Å². The molecule has 0 spiro atoms. The van der Waals surface area contributed by atoms with Gasteiger partial charge in [-0.3, -0.25) is 4.79 Å². The predicted molar refractivity (Wildman–Crippen MR) is 122 cm³/mol. The Kier molecular flexibility index (Phi) is 5.78. The van der Waals surface area contributed by atoms with Gasteiger partial charge >= 0.3 is 12.1 Å². The monoisotopic (exact) mass is 482 g/mol. The Morgan fingerprint density at radius 3 is 2.26 bits per heavy atom. The number of fused-ring (bicyclic) bond motifs is 3. The maximum absolute atomic E-state index is 14.2. The molecule has 182 valence electrons. The molecule has 3 atom stereocenters. The van der Waals surface area contributed by atoms with Crippen molar-refractivity contribution in [1.29, 1.82) is 0 Å². The van der Waals surface area contributed by atoms with Crippen LogP contribution in [0.4, 0.5) is 13.6 Å². The SMILES string of the molecule is O=C(NC[C@H]1[C@@H](C(=O)NC2CC=C(C(=O)O)C2)C1(F)F)OCC1c2ccccc2-c2ccccc21. The van der Waals surface area contributed by atoms with Crippen LogP contribution in [0.15, 0.2) is 60.2 Å². The molecule has 3 aliphatic rings. The number of carboxylic acids is 1. The number of aliphatic carboxylic acids is 1. The molecule has 2 amide bonds. The number of hydrogen-bond acceptors (Lipinski definition) is 4. The van der Waals surface area contributed by atoms with Crippen molar-refractivity contribution in [1.82, 2.24) is 10.6 Å². The zero-order valence-corrected chi connectivity index (χ0v) is 18.7. The molecule has 5 rings (SSSR count). The first-order valence-electron chi connectivity index (χ1n) is 11.5. The molecule has 1 saturated carbocycles. The van der Waals surface area contributed by atoms with Crippen molar-refractivity contribution >= 4 is 18.0 Å². The highest BCUT2D eigenvalue weighted by molar-refractivity contribution is 5.88. The highest BCUT2D eigenvalue weighted by atomic mass is 19.3. The molecular weight excluding hydrogens is 458 g/mol. The Morgan fingerprint density at radius 1 is 1.03 bits per heavy atom. The number of rotatable bonds is 7. The molecule has 2 aromatic carbocycles. The van der Waals surface area contributed by atoms with Gasteiger partial charge in [-0.1, -0.05) is 54.6 Å². The summed E-state index contributed by atoms with van der Waals surface area (Å²) < 4.78 is 33.9. The maximum atomic E-state index is 14.2. The fourth-order valence-electron chi connectivity index (χ4n) is 5.14. The lowest BCUT2D eigenvalue weighted by molar-refractivity contribution is -0.133. The minimum Gasteiger partial charge on any atom is -0.478 e. The van der Waals surface area contributed by atoms with E-state index in [1.807, 2.05) is 48.5 Å². The van der Waals surface area contributed by atoms with Crippen LogP contribution >= 0.6 is 0 Å². The van der Waals surface area contributed by atoms with Crippen LogP contribution < -0.4 is 10.6 Å². The number of carbonyl (C=O) groups is 3. The number of alkyl halides is 2. The van der Waals surface area contributed by atoms with Crippen LogP contribution in [0.25, 0.3) is 11.1 Å². The molecule has 2 aromatic rings. The maximum Gasteiger partial charge on any atom is 0.407 e. The second kappa shape index (κ2) is 8.79. The van der Waals surface area contributed by atoms with E-state index in [1.54, 1.807) is 0 Å². The molecule has 0 aliphatic heterocycles. The van der Waals surface area contributed by atoms with Gasteiger partial charge in [-0.2, -0.15) is 0 Å². The van der Waals surface area contributed by atoms with E-state index in [-0.39, 0.29) is 30.9 Å². The summed E-state index contributed by atoms with van der Waals surface area (Å²) in [5.41, 5.74) is 4.40. The van der Waals surface area contributed by atoms with Crippen LogP contribution in [0, 0.1) is 11.8 Å². The molecule has 1 unspecified atom stereocenters. The Balaban J connectivity index is 1.12. The van der Waals surface area contributed by atoms with E-state index in [0.29, 0.717) is 0 Å². The fourth-order valence-corrected chi connectivity index (χ4v) is 5.14. The van der Waals surface area contributed by atoms with E-state index >= 15 is 0 Å². The summed E-state index contributed by atoms with van der Waals surface area (Å²) in [7, 11) is 0. The van der Waals surface area contributed by atoms with Gasteiger partial charge in [0.15, 0.2) is 0 Å². The molecule has 9 heteroatoms. The van der Waals surface area contributed by atoms with Gasteiger partial charge in [0.25, 0.3) is 5.92 Å². The van der Waals surface area contributed by atoms with Crippen molar-refractivity contribution in [2.45, 2.75) is 30.7 Å². The summed E-state index contributed by atoms with van der Waals surface area (Å²) in [6, 6.07) is 15.2. The number of carboxylic acid groups (broad SMARTS) is 1. The zero-order valence-electron chi connectivity index (χ0n) is 18.7. The van der Waals surface area contributed by atoms with E-state index in [4.69, 9.17) is 9.84 Å². The van der Waals surface area contributed by atoms with E-state index < -0.39 is 48.3 Å². The summed E-state index contributed by atoms with van der Waals surface area (Å²) in [6.07, 6.45) is 1.05. The first-order valence-corrected chi connectivity index (χ1v) is 11.5. The van der Waals surface area contributed by atoms with Crippen molar-refractivity contribution in [3.8, 4) is 11.1 Å². The molecule has 0 heterocycles. The molecule has 1 fully saturated rings. The van der Waals surface area contributed by atoms with Gasteiger partial charge in [0, 0.05) is 24.1 Å². The average molecular weight is 482 g/mol. The van der Waals surface area contributed by atoms with Crippen LogP contribution in [0.5, 0.6) is 0 Å². The van der Waals surface area contributed by atoms with Crippen LogP contribution in [0.2, 0.25) is 0 Å². The zero-order chi connectivity index (χ0) is 24.7. The quantitative estimate of drug-likeness (QED) is 0.558. The molecule has 7 nitrogen and oxygen atoms in total. The summed E-state index contributed by atoms with van der Waals surface area (Å²) in [5.74, 6) is -8.21. The van der Waals surface area contributed by atoms with Gasteiger partial charge in [0.2, 0.25) is 5.91 Å². The number of benzene rings is 2. The highest BCUT2D eigenvalue weighted by Gasteiger charge is 2.71. The summed E-state index contributed by atoms with van der Waals surface area (Å²) in [5, 5.41) is 13.9. The number of nitrogens with one attached hydrogen (secondary N) is 2. The van der Waals surface area contributed by atoms with Gasteiger partial charge < -0.3 is 20.5 Å². The summed E-state index contributed by atoms with van der Waals surface area (Å²) in [4.78, 5) is 35.6. The summed E-state index contributed by atoms with van der Waals surface area (Å²) >= 11 is 0. The second-order valence-corrected chi connectivity index (χ2v) is 9.14. The standard InChI is InChI=1S/C26H24F2N2O5/c27-26(28)21(22(26)23(31)30-15-10-9-14(11-15)24(32)33)12-29-25(34)35-13-20-18-7-3-1-5-16(18)17-6-2-4-8-19(17)20/h1-9,15,20-22H,10-13H2,(H,29,34)(H,30,31)(H,32,33)/t15?,21-,22-/m0/s1. The minimum atomic E-state index is -3.25. The lowest BCUT2D eigenvalue weighted by atomic mass is 9.98. The highest BCUT2D eigenvalue weighted by Crippen LogP contribution is 2.55. The third-order valence-corrected chi connectivity index (χ3v) is 7.03. The van der Waals surface area contributed by atoms with Gasteiger partial charge in [-0.05, 0) is 35.1 Å². The topological polar surface area (TPSA) is 105 Å². The van der Waals surface area contributed by atoms with Crippen LogP contribution in [0.3, 0.4) is 0 Å². The van der Waals surface area contributed by atoms with Crippen LogP contribution in [0.1, 0.15) is 29.9 Å². The van der Waals surface area contributed by atoms with Gasteiger partial charge in [0.1, 0.15) is 12.5 Å². The lowest BCUT2D eigenvalue weighted by Crippen LogP contribution is -2.36. The van der Waals surface area contributed by atoms with E-state index in [1.165, 1.54) is 6.08 Å². The number of halogens is 2. The number of alkyl carbamates (subject to hydrolysis) is 1. The minimum absolute atomic E-state index is 0.0609. The Labute approximate surface area is 200 Å². The molecule has 0 bridgehead atoms. The van der Waals surface area contributed by atoms with E-state index in [9.17, 15) is 23.2 Å². The lowest BCUT2D eigenvalue weighted by Gasteiger charge is -2.14. The molecule has 0 saturated heterocycles.